The lowest BCUT2D eigenvalue weighted by Gasteiger charge is -2.17. The molecule has 2 aromatic rings. The summed E-state index contributed by atoms with van der Waals surface area (Å²) in [5, 5.41) is 0. The maximum Gasteiger partial charge on any atom is 0.243 e. The maximum absolute atomic E-state index is 12.7. The van der Waals surface area contributed by atoms with Crippen molar-refractivity contribution >= 4 is 10.0 Å². The highest BCUT2D eigenvalue weighted by Gasteiger charge is 2.34. The van der Waals surface area contributed by atoms with E-state index in [0.29, 0.717) is 37.0 Å². The fourth-order valence-corrected chi connectivity index (χ4v) is 4.12. The van der Waals surface area contributed by atoms with Gasteiger partial charge < -0.3 is 9.47 Å². The molecule has 0 amide bonds. The van der Waals surface area contributed by atoms with Crippen molar-refractivity contribution < 1.29 is 17.9 Å². The van der Waals surface area contributed by atoms with Gasteiger partial charge in [0.2, 0.25) is 15.9 Å². The lowest BCUT2D eigenvalue weighted by atomic mass is 10.3. The van der Waals surface area contributed by atoms with Crippen LogP contribution < -0.4 is 9.47 Å². The van der Waals surface area contributed by atoms with Gasteiger partial charge in [0.1, 0.15) is 17.7 Å². The summed E-state index contributed by atoms with van der Waals surface area (Å²) in [6.45, 7) is 2.48. The fraction of sp³-hybridized carbons (Fsp3) is 0.375. The minimum absolute atomic E-state index is 0.223. The Labute approximate surface area is 141 Å². The lowest BCUT2D eigenvalue weighted by Crippen LogP contribution is -2.31. The second-order valence-electron chi connectivity index (χ2n) is 5.51. The number of aromatic nitrogens is 2. The number of hydrogen-bond donors (Lipinski definition) is 0. The van der Waals surface area contributed by atoms with Gasteiger partial charge in [-0.15, -0.1) is 0 Å². The monoisotopic (exact) mass is 349 g/mol. The second kappa shape index (κ2) is 6.74. The molecule has 1 saturated heterocycles. The van der Waals surface area contributed by atoms with Crippen molar-refractivity contribution in [2.75, 3.05) is 20.2 Å². The molecular weight excluding hydrogens is 330 g/mol. The smallest absolute Gasteiger partial charge is 0.243 e. The largest absolute Gasteiger partial charge is 0.497 e. The summed E-state index contributed by atoms with van der Waals surface area (Å²) in [6, 6.07) is 8.15. The van der Waals surface area contributed by atoms with Gasteiger partial charge in [-0.25, -0.2) is 13.4 Å². The van der Waals surface area contributed by atoms with Gasteiger partial charge in [-0.3, -0.25) is 0 Å². The summed E-state index contributed by atoms with van der Waals surface area (Å²) < 4.78 is 37.8. The molecular formula is C16H19N3O4S. The van der Waals surface area contributed by atoms with E-state index in [1.165, 1.54) is 17.5 Å². The van der Waals surface area contributed by atoms with Crippen LogP contribution in [0.4, 0.5) is 0 Å². The molecule has 1 fully saturated rings. The van der Waals surface area contributed by atoms with Crippen LogP contribution >= 0.6 is 0 Å². The van der Waals surface area contributed by atoms with Gasteiger partial charge >= 0.3 is 0 Å². The third-order valence-corrected chi connectivity index (χ3v) is 5.69. The molecule has 0 saturated carbocycles. The van der Waals surface area contributed by atoms with E-state index in [0.717, 1.165) is 0 Å². The Bertz CT molecular complexity index is 826. The highest BCUT2D eigenvalue weighted by Crippen LogP contribution is 2.25. The van der Waals surface area contributed by atoms with E-state index >= 15 is 0 Å². The van der Waals surface area contributed by atoms with E-state index in [2.05, 4.69) is 9.97 Å². The van der Waals surface area contributed by atoms with Crippen LogP contribution in [0.25, 0.3) is 0 Å². The number of nitrogens with zero attached hydrogens (tertiary/aromatic N) is 3. The number of rotatable bonds is 5. The van der Waals surface area contributed by atoms with Gasteiger partial charge in [0.25, 0.3) is 0 Å². The van der Waals surface area contributed by atoms with Crippen LogP contribution in [0.2, 0.25) is 0 Å². The molecule has 0 radical (unpaired) electrons. The van der Waals surface area contributed by atoms with Crippen molar-refractivity contribution in [2.24, 2.45) is 0 Å². The minimum Gasteiger partial charge on any atom is -0.497 e. The summed E-state index contributed by atoms with van der Waals surface area (Å²) in [7, 11) is -2.05. The first-order chi connectivity index (χ1) is 11.5. The number of aryl methyl sites for hydroxylation is 1. The topological polar surface area (TPSA) is 81.6 Å². The standard InChI is InChI=1S/C16H19N3O4S/c1-12-17-8-6-16(18-12)23-14-7-9-19(11-14)24(20,21)15-5-3-4-13(10-15)22-2/h3-6,8,10,14H,7,9,11H2,1-2H3/t14-/m1/s1. The molecule has 7 nitrogen and oxygen atoms in total. The number of ether oxygens (including phenoxy) is 2. The van der Waals surface area contributed by atoms with Crippen LogP contribution in [0, 0.1) is 6.92 Å². The Kier molecular flexibility index (Phi) is 4.68. The Morgan fingerprint density at radius 1 is 1.29 bits per heavy atom. The molecule has 24 heavy (non-hydrogen) atoms. The highest BCUT2D eigenvalue weighted by atomic mass is 32.2. The van der Waals surface area contributed by atoms with Gasteiger partial charge in [-0.05, 0) is 25.5 Å². The molecule has 0 spiro atoms. The van der Waals surface area contributed by atoms with E-state index in [1.807, 2.05) is 0 Å². The fourth-order valence-electron chi connectivity index (χ4n) is 2.59. The molecule has 1 aromatic carbocycles. The van der Waals surface area contributed by atoms with Crippen LogP contribution in [-0.4, -0.2) is 49.0 Å². The first-order valence-electron chi connectivity index (χ1n) is 7.59. The predicted octanol–water partition coefficient (Wildman–Crippen LogP) is 1.64. The zero-order chi connectivity index (χ0) is 17.2. The van der Waals surface area contributed by atoms with Gasteiger partial charge in [0.15, 0.2) is 0 Å². The quantitative estimate of drug-likeness (QED) is 0.816. The third-order valence-electron chi connectivity index (χ3n) is 3.82. The molecule has 1 aliphatic heterocycles. The molecule has 8 heteroatoms. The number of hydrogen-bond acceptors (Lipinski definition) is 6. The van der Waals surface area contributed by atoms with Crippen LogP contribution in [-0.2, 0) is 10.0 Å². The van der Waals surface area contributed by atoms with E-state index < -0.39 is 10.0 Å². The molecule has 0 unspecified atom stereocenters. The van der Waals surface area contributed by atoms with Crippen molar-refractivity contribution in [2.45, 2.75) is 24.3 Å². The first-order valence-corrected chi connectivity index (χ1v) is 9.03. The normalized spacial score (nSPS) is 18.5. The van der Waals surface area contributed by atoms with E-state index in [1.54, 1.807) is 37.4 Å². The van der Waals surface area contributed by atoms with Crippen molar-refractivity contribution in [1.29, 1.82) is 0 Å². The van der Waals surface area contributed by atoms with E-state index in [9.17, 15) is 8.42 Å². The summed E-state index contributed by atoms with van der Waals surface area (Å²) in [5.74, 6) is 1.60. The molecule has 1 aromatic heterocycles. The average molecular weight is 349 g/mol. The average Bonchev–Trinajstić information content (AvgIpc) is 3.04. The molecule has 1 atom stereocenters. The zero-order valence-electron chi connectivity index (χ0n) is 13.5. The Morgan fingerprint density at radius 2 is 2.12 bits per heavy atom. The van der Waals surface area contributed by atoms with Crippen LogP contribution in [0.3, 0.4) is 0 Å². The molecule has 1 aliphatic rings. The third kappa shape index (κ3) is 3.49. The van der Waals surface area contributed by atoms with Gasteiger partial charge in [0.05, 0.1) is 18.6 Å². The van der Waals surface area contributed by atoms with E-state index in [4.69, 9.17) is 9.47 Å². The lowest BCUT2D eigenvalue weighted by molar-refractivity contribution is 0.206. The highest BCUT2D eigenvalue weighted by molar-refractivity contribution is 7.89. The van der Waals surface area contributed by atoms with Gasteiger partial charge in [-0.2, -0.15) is 9.29 Å². The molecule has 0 aliphatic carbocycles. The summed E-state index contributed by atoms with van der Waals surface area (Å²) in [4.78, 5) is 8.42. The molecule has 3 rings (SSSR count). The molecule has 128 valence electrons. The summed E-state index contributed by atoms with van der Waals surface area (Å²) in [5.41, 5.74) is 0. The maximum atomic E-state index is 12.7. The minimum atomic E-state index is -3.56. The van der Waals surface area contributed by atoms with Gasteiger partial charge in [0, 0.05) is 24.9 Å². The molecule has 0 bridgehead atoms. The van der Waals surface area contributed by atoms with Crippen molar-refractivity contribution in [3.8, 4) is 11.6 Å². The molecule has 0 N–H and O–H groups in total. The zero-order valence-corrected chi connectivity index (χ0v) is 14.4. The van der Waals surface area contributed by atoms with Gasteiger partial charge in [-0.1, -0.05) is 6.07 Å². The second-order valence-corrected chi connectivity index (χ2v) is 7.45. The van der Waals surface area contributed by atoms with Crippen LogP contribution in [0.5, 0.6) is 11.6 Å². The van der Waals surface area contributed by atoms with Crippen molar-refractivity contribution in [1.82, 2.24) is 14.3 Å². The van der Waals surface area contributed by atoms with Crippen molar-refractivity contribution in [3.63, 3.8) is 0 Å². The Morgan fingerprint density at radius 3 is 2.88 bits per heavy atom. The predicted molar refractivity (Wildman–Crippen MR) is 87.6 cm³/mol. The molecule has 2 heterocycles. The van der Waals surface area contributed by atoms with E-state index in [-0.39, 0.29) is 11.0 Å². The van der Waals surface area contributed by atoms with Crippen molar-refractivity contribution in [3.05, 3.63) is 42.4 Å². The SMILES string of the molecule is COc1cccc(S(=O)(=O)N2CC[C@@H](Oc3ccnc(C)n3)C2)c1. The first kappa shape index (κ1) is 16.7. The van der Waals surface area contributed by atoms with Crippen LogP contribution in [0.15, 0.2) is 41.4 Å². The number of benzene rings is 1. The number of sulfonamides is 1. The Balaban J connectivity index is 1.72. The van der Waals surface area contributed by atoms with Crippen LogP contribution in [0.1, 0.15) is 12.2 Å². The Hall–Kier alpha value is -2.19. The number of methoxy groups -OCH3 is 1. The summed E-state index contributed by atoms with van der Waals surface area (Å²) in [6.07, 6.45) is 2.02. The summed E-state index contributed by atoms with van der Waals surface area (Å²) >= 11 is 0.